The third-order valence-corrected chi connectivity index (χ3v) is 8.08. The largest absolute Gasteiger partial charge is 0.493 e. The standard InChI is InChI=1S/C24H24N4O3S3/c1-15-23(34-24(26-15)20-5-4-12-32-20)17-7-9-22(28-27-17)33-14-21(29)25-11-10-16-6-8-18(30-2)19(13-16)31-3/h4-9,12-13H,10-11,14H2,1-3H3,(H,25,29). The van der Waals surface area contributed by atoms with E-state index in [9.17, 15) is 4.79 Å². The minimum Gasteiger partial charge on any atom is -0.493 e. The number of carbonyl (C=O) groups excluding carboxylic acids is 1. The summed E-state index contributed by atoms with van der Waals surface area (Å²) < 4.78 is 10.6. The maximum atomic E-state index is 12.2. The van der Waals surface area contributed by atoms with Crippen LogP contribution in [0.25, 0.3) is 20.5 Å². The highest BCUT2D eigenvalue weighted by atomic mass is 32.2. The molecule has 10 heteroatoms. The van der Waals surface area contributed by atoms with Gasteiger partial charge in [-0.05, 0) is 54.6 Å². The smallest absolute Gasteiger partial charge is 0.230 e. The van der Waals surface area contributed by atoms with Crippen molar-refractivity contribution in [3.63, 3.8) is 0 Å². The fraction of sp³-hybridized carbons (Fsp3) is 0.250. The molecule has 0 aliphatic heterocycles. The van der Waals surface area contributed by atoms with Crippen molar-refractivity contribution in [2.24, 2.45) is 0 Å². The average molecular weight is 513 g/mol. The number of ether oxygens (including phenoxy) is 2. The van der Waals surface area contributed by atoms with Gasteiger partial charge in [-0.15, -0.1) is 32.9 Å². The predicted molar refractivity (Wildman–Crippen MR) is 138 cm³/mol. The molecule has 1 aromatic carbocycles. The van der Waals surface area contributed by atoms with E-state index in [2.05, 4.69) is 26.6 Å². The normalized spacial score (nSPS) is 10.8. The molecule has 1 N–H and O–H groups in total. The summed E-state index contributed by atoms with van der Waals surface area (Å²) in [5.74, 6) is 1.60. The summed E-state index contributed by atoms with van der Waals surface area (Å²) in [6.07, 6.45) is 0.701. The van der Waals surface area contributed by atoms with Gasteiger partial charge >= 0.3 is 0 Å². The van der Waals surface area contributed by atoms with Crippen LogP contribution in [0.2, 0.25) is 0 Å². The Hall–Kier alpha value is -2.95. The van der Waals surface area contributed by atoms with Crippen molar-refractivity contribution in [3.05, 3.63) is 59.1 Å². The number of methoxy groups -OCH3 is 2. The Kier molecular flexibility index (Phi) is 8.15. The van der Waals surface area contributed by atoms with Crippen LogP contribution in [-0.2, 0) is 11.2 Å². The van der Waals surface area contributed by atoms with E-state index in [4.69, 9.17) is 9.47 Å². The number of amides is 1. The van der Waals surface area contributed by atoms with Crippen molar-refractivity contribution >= 4 is 40.3 Å². The lowest BCUT2D eigenvalue weighted by atomic mass is 10.1. The van der Waals surface area contributed by atoms with Gasteiger partial charge in [0, 0.05) is 6.54 Å². The molecule has 34 heavy (non-hydrogen) atoms. The van der Waals surface area contributed by atoms with Crippen LogP contribution in [0.5, 0.6) is 11.5 Å². The second-order valence-corrected chi connectivity index (χ2v) is 10.2. The van der Waals surface area contributed by atoms with Crippen molar-refractivity contribution in [2.75, 3.05) is 26.5 Å². The summed E-state index contributed by atoms with van der Waals surface area (Å²) in [6, 6.07) is 13.7. The average Bonchev–Trinajstić information content (AvgIpc) is 3.53. The Morgan fingerprint density at radius 3 is 2.65 bits per heavy atom. The molecule has 0 aliphatic rings. The van der Waals surface area contributed by atoms with Gasteiger partial charge in [-0.1, -0.05) is 23.9 Å². The van der Waals surface area contributed by atoms with Gasteiger partial charge in [-0.3, -0.25) is 4.79 Å². The molecule has 0 bridgehead atoms. The molecular weight excluding hydrogens is 488 g/mol. The maximum absolute atomic E-state index is 12.2. The van der Waals surface area contributed by atoms with E-state index in [-0.39, 0.29) is 11.7 Å². The van der Waals surface area contributed by atoms with Gasteiger partial charge in [0.05, 0.1) is 35.4 Å². The minimum atomic E-state index is -0.0461. The van der Waals surface area contributed by atoms with Crippen LogP contribution >= 0.6 is 34.4 Å². The van der Waals surface area contributed by atoms with E-state index in [1.54, 1.807) is 36.9 Å². The van der Waals surface area contributed by atoms with Gasteiger partial charge < -0.3 is 14.8 Å². The van der Waals surface area contributed by atoms with E-state index in [1.807, 2.05) is 48.7 Å². The fourth-order valence-corrected chi connectivity index (χ4v) is 5.70. The van der Waals surface area contributed by atoms with Crippen LogP contribution in [0.15, 0.2) is 52.9 Å². The van der Waals surface area contributed by atoms with E-state index in [0.29, 0.717) is 29.5 Å². The lowest BCUT2D eigenvalue weighted by Crippen LogP contribution is -2.27. The fourth-order valence-electron chi connectivity index (χ4n) is 3.23. The lowest BCUT2D eigenvalue weighted by molar-refractivity contribution is -0.118. The van der Waals surface area contributed by atoms with Crippen molar-refractivity contribution < 1.29 is 14.3 Å². The van der Waals surface area contributed by atoms with Crippen molar-refractivity contribution in [1.29, 1.82) is 0 Å². The molecule has 0 aliphatic carbocycles. The second kappa shape index (κ2) is 11.5. The molecule has 3 heterocycles. The van der Waals surface area contributed by atoms with Crippen LogP contribution in [0.3, 0.4) is 0 Å². The quantitative estimate of drug-likeness (QED) is 0.296. The number of thiophene rings is 1. The number of benzene rings is 1. The molecule has 176 valence electrons. The Morgan fingerprint density at radius 1 is 1.09 bits per heavy atom. The van der Waals surface area contributed by atoms with Crippen LogP contribution in [0.1, 0.15) is 11.3 Å². The van der Waals surface area contributed by atoms with Gasteiger partial charge in [0.15, 0.2) is 11.5 Å². The highest BCUT2D eigenvalue weighted by Gasteiger charge is 2.14. The van der Waals surface area contributed by atoms with E-state index in [0.717, 1.165) is 31.7 Å². The zero-order valence-corrected chi connectivity index (χ0v) is 21.5. The number of carbonyl (C=O) groups is 1. The van der Waals surface area contributed by atoms with Crippen LogP contribution in [-0.4, -0.2) is 47.6 Å². The molecule has 4 rings (SSSR count). The molecule has 0 unspecified atom stereocenters. The number of aromatic nitrogens is 3. The van der Waals surface area contributed by atoms with E-state index in [1.165, 1.54) is 11.8 Å². The summed E-state index contributed by atoms with van der Waals surface area (Å²) in [4.78, 5) is 19.1. The first-order valence-corrected chi connectivity index (χ1v) is 13.2. The highest BCUT2D eigenvalue weighted by molar-refractivity contribution is 7.99. The molecule has 7 nitrogen and oxygen atoms in total. The Balaban J connectivity index is 1.26. The molecule has 0 spiro atoms. The number of nitrogens with one attached hydrogen (secondary N) is 1. The summed E-state index contributed by atoms with van der Waals surface area (Å²) in [7, 11) is 3.22. The monoisotopic (exact) mass is 512 g/mol. The number of hydrogen-bond donors (Lipinski definition) is 1. The molecule has 0 radical (unpaired) electrons. The summed E-state index contributed by atoms with van der Waals surface area (Å²) in [5.41, 5.74) is 2.80. The minimum absolute atomic E-state index is 0.0461. The number of aryl methyl sites for hydroxylation is 1. The van der Waals surface area contributed by atoms with Crippen molar-refractivity contribution in [1.82, 2.24) is 20.5 Å². The Bertz CT molecular complexity index is 1240. The second-order valence-electron chi connectivity index (χ2n) is 7.25. The van der Waals surface area contributed by atoms with Crippen LogP contribution < -0.4 is 14.8 Å². The third kappa shape index (κ3) is 5.94. The molecule has 0 saturated carbocycles. The number of nitrogens with zero attached hydrogens (tertiary/aromatic N) is 3. The van der Waals surface area contributed by atoms with Gasteiger partial charge in [0.25, 0.3) is 0 Å². The SMILES string of the molecule is COc1ccc(CCNC(=O)CSc2ccc(-c3sc(-c4cccs4)nc3C)nn2)cc1OC. The number of rotatable bonds is 10. The van der Waals surface area contributed by atoms with E-state index >= 15 is 0 Å². The Morgan fingerprint density at radius 2 is 1.94 bits per heavy atom. The molecule has 0 fully saturated rings. The van der Waals surface area contributed by atoms with Gasteiger partial charge in [0.2, 0.25) is 5.91 Å². The third-order valence-electron chi connectivity index (χ3n) is 4.94. The molecular formula is C24H24N4O3S3. The number of hydrogen-bond acceptors (Lipinski definition) is 9. The first kappa shape index (κ1) is 24.2. The lowest BCUT2D eigenvalue weighted by Gasteiger charge is -2.10. The number of thioether (sulfide) groups is 1. The van der Waals surface area contributed by atoms with Gasteiger partial charge in [-0.2, -0.15) is 0 Å². The summed E-state index contributed by atoms with van der Waals surface area (Å²) >= 11 is 4.65. The first-order chi connectivity index (χ1) is 16.6. The molecule has 1 amide bonds. The van der Waals surface area contributed by atoms with E-state index < -0.39 is 0 Å². The maximum Gasteiger partial charge on any atom is 0.230 e. The zero-order valence-electron chi connectivity index (χ0n) is 19.0. The van der Waals surface area contributed by atoms with Gasteiger partial charge in [0.1, 0.15) is 15.7 Å². The molecule has 3 aromatic heterocycles. The van der Waals surface area contributed by atoms with Crippen LogP contribution in [0, 0.1) is 6.92 Å². The summed E-state index contributed by atoms with van der Waals surface area (Å²) in [6.45, 7) is 2.52. The Labute approximate surface area is 210 Å². The van der Waals surface area contributed by atoms with Crippen LogP contribution in [0.4, 0.5) is 0 Å². The topological polar surface area (TPSA) is 86.2 Å². The number of thiazole rings is 1. The predicted octanol–water partition coefficient (Wildman–Crippen LogP) is 5.11. The van der Waals surface area contributed by atoms with Crippen molar-refractivity contribution in [3.8, 4) is 32.0 Å². The molecule has 0 saturated heterocycles. The van der Waals surface area contributed by atoms with Gasteiger partial charge in [-0.25, -0.2) is 4.98 Å². The molecule has 0 atom stereocenters. The molecule has 4 aromatic rings. The van der Waals surface area contributed by atoms with Crippen molar-refractivity contribution in [2.45, 2.75) is 18.4 Å². The summed E-state index contributed by atoms with van der Waals surface area (Å²) in [5, 5.41) is 15.3. The zero-order chi connectivity index (χ0) is 23.9. The highest BCUT2D eigenvalue weighted by Crippen LogP contribution is 2.36. The first-order valence-electron chi connectivity index (χ1n) is 10.5.